The summed E-state index contributed by atoms with van der Waals surface area (Å²) in [4.78, 5) is 17.7. The third-order valence-corrected chi connectivity index (χ3v) is 6.77. The summed E-state index contributed by atoms with van der Waals surface area (Å²) in [6, 6.07) is 13.0. The number of Topliss-reactive ketones (excluding diaryl/α,β-unsaturated/α-hetero) is 1. The van der Waals surface area contributed by atoms with Crippen molar-refractivity contribution in [3.05, 3.63) is 76.2 Å². The van der Waals surface area contributed by atoms with E-state index in [9.17, 15) is 14.3 Å². The van der Waals surface area contributed by atoms with Crippen molar-refractivity contribution in [1.82, 2.24) is 4.98 Å². The fourth-order valence-electron chi connectivity index (χ4n) is 3.92. The van der Waals surface area contributed by atoms with Crippen LogP contribution in [0.2, 0.25) is 5.02 Å². The van der Waals surface area contributed by atoms with E-state index in [1.807, 2.05) is 13.8 Å². The molecule has 3 N–H and O–H groups in total. The SMILES string of the molecule is COc1cc(C(=O)CCC(C)(O)c2cc(C(C)(C)N)cc(-c3ccc(F)c(Cl)c3)n2)ccc1OC1CC1. The summed E-state index contributed by atoms with van der Waals surface area (Å²) in [6.45, 7) is 5.30. The number of carbonyl (C=O) groups excluding carboxylic acids is 1. The van der Waals surface area contributed by atoms with Crippen LogP contribution in [0.5, 0.6) is 11.5 Å². The Hall–Kier alpha value is -3.00. The highest BCUT2D eigenvalue weighted by molar-refractivity contribution is 6.31. The van der Waals surface area contributed by atoms with Crippen LogP contribution in [0.15, 0.2) is 48.5 Å². The second kappa shape index (κ2) is 10.4. The van der Waals surface area contributed by atoms with Crippen molar-refractivity contribution in [3.63, 3.8) is 0 Å². The lowest BCUT2D eigenvalue weighted by Gasteiger charge is -2.27. The Labute approximate surface area is 221 Å². The number of pyridine rings is 1. The Balaban J connectivity index is 1.58. The largest absolute Gasteiger partial charge is 0.493 e. The molecule has 1 aliphatic carbocycles. The minimum Gasteiger partial charge on any atom is -0.493 e. The van der Waals surface area contributed by atoms with Crippen molar-refractivity contribution in [2.24, 2.45) is 5.73 Å². The van der Waals surface area contributed by atoms with Gasteiger partial charge in [-0.2, -0.15) is 0 Å². The standard InChI is InChI=1S/C29H32ClFN2O4/c1-28(2,32)19-15-23(17-5-9-22(31)21(30)13-17)33-27(16-19)29(3,35)12-11-24(34)18-6-10-25(26(14-18)36-4)37-20-7-8-20/h5-6,9-10,13-16,20,35H,7-8,11-12,32H2,1-4H3. The van der Waals surface area contributed by atoms with Gasteiger partial charge < -0.3 is 20.3 Å². The zero-order chi connectivity index (χ0) is 27.0. The van der Waals surface area contributed by atoms with Gasteiger partial charge >= 0.3 is 0 Å². The number of carbonyl (C=O) groups is 1. The third-order valence-electron chi connectivity index (χ3n) is 6.48. The normalized spacial score (nSPS) is 15.2. The molecule has 8 heteroatoms. The number of nitrogens with zero attached hydrogens (tertiary/aromatic N) is 1. The number of benzene rings is 2. The molecular weight excluding hydrogens is 495 g/mol. The van der Waals surface area contributed by atoms with E-state index in [-0.39, 0.29) is 29.8 Å². The van der Waals surface area contributed by atoms with Crippen LogP contribution in [0.25, 0.3) is 11.3 Å². The van der Waals surface area contributed by atoms with E-state index in [0.29, 0.717) is 34.0 Å². The van der Waals surface area contributed by atoms with Gasteiger partial charge in [-0.25, -0.2) is 9.37 Å². The fraction of sp³-hybridized carbons (Fsp3) is 0.379. The molecule has 6 nitrogen and oxygen atoms in total. The van der Waals surface area contributed by atoms with Gasteiger partial charge in [0.25, 0.3) is 0 Å². The first-order valence-electron chi connectivity index (χ1n) is 12.2. The average molecular weight is 527 g/mol. The van der Waals surface area contributed by atoms with Gasteiger partial charge in [-0.15, -0.1) is 0 Å². The topological polar surface area (TPSA) is 94.7 Å². The van der Waals surface area contributed by atoms with Crippen LogP contribution >= 0.6 is 11.6 Å². The molecular formula is C29H32ClFN2O4. The van der Waals surface area contributed by atoms with Crippen molar-refractivity contribution < 1.29 is 23.8 Å². The first-order chi connectivity index (χ1) is 17.4. The monoisotopic (exact) mass is 526 g/mol. The average Bonchev–Trinajstić information content (AvgIpc) is 3.67. The number of halogens is 2. The molecule has 196 valence electrons. The number of ether oxygens (including phenoxy) is 2. The summed E-state index contributed by atoms with van der Waals surface area (Å²) < 4.78 is 25.0. The molecule has 0 amide bonds. The number of aliphatic hydroxyl groups is 1. The Morgan fingerprint density at radius 1 is 1.14 bits per heavy atom. The molecule has 0 radical (unpaired) electrons. The molecule has 1 unspecified atom stereocenters. The molecule has 1 fully saturated rings. The van der Waals surface area contributed by atoms with Crippen molar-refractivity contribution in [2.45, 2.75) is 63.7 Å². The van der Waals surface area contributed by atoms with E-state index in [1.165, 1.54) is 19.2 Å². The summed E-state index contributed by atoms with van der Waals surface area (Å²) in [5.41, 5.74) is 6.85. The van der Waals surface area contributed by atoms with Crippen molar-refractivity contribution in [3.8, 4) is 22.8 Å². The fourth-order valence-corrected chi connectivity index (χ4v) is 4.10. The number of methoxy groups -OCH3 is 1. The molecule has 2 aromatic carbocycles. The van der Waals surface area contributed by atoms with Gasteiger partial charge in [-0.05, 0) is 94.1 Å². The predicted octanol–water partition coefficient (Wildman–Crippen LogP) is 6.16. The number of hydrogen-bond acceptors (Lipinski definition) is 6. The number of hydrogen-bond donors (Lipinski definition) is 2. The molecule has 1 atom stereocenters. The van der Waals surface area contributed by atoms with Crippen molar-refractivity contribution in [1.29, 1.82) is 0 Å². The van der Waals surface area contributed by atoms with Gasteiger partial charge in [0.2, 0.25) is 0 Å². The zero-order valence-corrected chi connectivity index (χ0v) is 22.2. The number of nitrogens with two attached hydrogens (primary N) is 1. The Kier molecular flexibility index (Phi) is 7.60. The lowest BCUT2D eigenvalue weighted by molar-refractivity contribution is 0.0396. The molecule has 1 aliphatic rings. The van der Waals surface area contributed by atoms with Gasteiger partial charge in [0.15, 0.2) is 17.3 Å². The highest BCUT2D eigenvalue weighted by Gasteiger charge is 2.30. The van der Waals surface area contributed by atoms with Gasteiger partial charge in [-0.1, -0.05) is 11.6 Å². The molecule has 37 heavy (non-hydrogen) atoms. The summed E-state index contributed by atoms with van der Waals surface area (Å²) >= 11 is 5.99. The van der Waals surface area contributed by atoms with Gasteiger partial charge in [0.05, 0.1) is 29.6 Å². The van der Waals surface area contributed by atoms with Crippen LogP contribution in [0, 0.1) is 5.82 Å². The highest BCUT2D eigenvalue weighted by atomic mass is 35.5. The molecule has 4 rings (SSSR count). The maximum Gasteiger partial charge on any atom is 0.163 e. The Morgan fingerprint density at radius 2 is 1.86 bits per heavy atom. The van der Waals surface area contributed by atoms with Crippen LogP contribution in [-0.2, 0) is 11.1 Å². The number of aromatic nitrogens is 1. The van der Waals surface area contributed by atoms with E-state index >= 15 is 0 Å². The van der Waals surface area contributed by atoms with Crippen LogP contribution < -0.4 is 15.2 Å². The van der Waals surface area contributed by atoms with E-state index in [2.05, 4.69) is 4.98 Å². The summed E-state index contributed by atoms with van der Waals surface area (Å²) in [5.74, 6) is 0.451. The molecule has 1 heterocycles. The lowest BCUT2D eigenvalue weighted by Crippen LogP contribution is -2.31. The van der Waals surface area contributed by atoms with Crippen LogP contribution in [0.1, 0.15) is 68.1 Å². The summed E-state index contributed by atoms with van der Waals surface area (Å²) in [7, 11) is 1.54. The Morgan fingerprint density at radius 3 is 2.49 bits per heavy atom. The van der Waals surface area contributed by atoms with Crippen molar-refractivity contribution >= 4 is 17.4 Å². The van der Waals surface area contributed by atoms with E-state index in [4.69, 9.17) is 26.8 Å². The smallest absolute Gasteiger partial charge is 0.163 e. The molecule has 1 saturated carbocycles. The lowest BCUT2D eigenvalue weighted by atomic mass is 9.88. The first-order valence-corrected chi connectivity index (χ1v) is 12.6. The number of ketones is 1. The second-order valence-corrected chi connectivity index (χ2v) is 10.8. The van der Waals surface area contributed by atoms with E-state index < -0.39 is 17.0 Å². The minimum atomic E-state index is -1.44. The molecule has 0 spiro atoms. The quantitative estimate of drug-likeness (QED) is 0.307. The highest BCUT2D eigenvalue weighted by Crippen LogP contribution is 2.36. The number of rotatable bonds is 10. The molecule has 0 aliphatic heterocycles. The van der Waals surface area contributed by atoms with Crippen LogP contribution in [0.3, 0.4) is 0 Å². The van der Waals surface area contributed by atoms with Gasteiger partial charge in [0, 0.05) is 23.1 Å². The van der Waals surface area contributed by atoms with E-state index in [0.717, 1.165) is 18.4 Å². The minimum absolute atomic E-state index is 0.0282. The maximum absolute atomic E-state index is 13.7. The molecule has 1 aromatic heterocycles. The van der Waals surface area contributed by atoms with Crippen LogP contribution in [0.4, 0.5) is 4.39 Å². The maximum atomic E-state index is 13.7. The van der Waals surface area contributed by atoms with Crippen LogP contribution in [-0.4, -0.2) is 29.1 Å². The Bertz CT molecular complexity index is 1320. The molecule has 0 bridgehead atoms. The zero-order valence-electron chi connectivity index (χ0n) is 21.5. The van der Waals surface area contributed by atoms with Gasteiger partial charge in [-0.3, -0.25) is 4.79 Å². The van der Waals surface area contributed by atoms with E-state index in [1.54, 1.807) is 43.3 Å². The van der Waals surface area contributed by atoms with Crippen molar-refractivity contribution in [2.75, 3.05) is 7.11 Å². The molecule has 0 saturated heterocycles. The molecule has 3 aromatic rings. The van der Waals surface area contributed by atoms with Gasteiger partial charge in [0.1, 0.15) is 11.4 Å². The summed E-state index contributed by atoms with van der Waals surface area (Å²) in [6.07, 6.45) is 2.45. The first kappa shape index (κ1) is 27.0. The third kappa shape index (κ3) is 6.47. The second-order valence-electron chi connectivity index (χ2n) is 10.4. The summed E-state index contributed by atoms with van der Waals surface area (Å²) in [5, 5.41) is 11.4. The predicted molar refractivity (Wildman–Crippen MR) is 142 cm³/mol.